The van der Waals surface area contributed by atoms with E-state index < -0.39 is 6.10 Å². The molecule has 0 aliphatic carbocycles. The Morgan fingerprint density at radius 3 is 2.20 bits per heavy atom. The van der Waals surface area contributed by atoms with E-state index in [2.05, 4.69) is 36.5 Å². The number of carbonyl (C=O) groups is 1. The molecule has 0 fully saturated rings. The fraction of sp³-hybridized carbons (Fsp3) is 0.762. The van der Waals surface area contributed by atoms with Crippen LogP contribution in [0.5, 0.6) is 0 Å². The highest BCUT2D eigenvalue weighted by Crippen LogP contribution is 2.08. The Morgan fingerprint density at radius 2 is 1.56 bits per heavy atom. The Balaban J connectivity index is 3.30. The van der Waals surface area contributed by atoms with Crippen molar-refractivity contribution < 1.29 is 9.90 Å². The van der Waals surface area contributed by atoms with Gasteiger partial charge < -0.3 is 16.2 Å². The van der Waals surface area contributed by atoms with E-state index in [0.717, 1.165) is 25.7 Å². The normalized spacial score (nSPS) is 12.9. The van der Waals surface area contributed by atoms with Crippen LogP contribution in [0.4, 0.5) is 0 Å². The van der Waals surface area contributed by atoms with Gasteiger partial charge in [-0.05, 0) is 38.5 Å². The van der Waals surface area contributed by atoms with Crippen LogP contribution >= 0.6 is 0 Å². The van der Waals surface area contributed by atoms with Gasteiger partial charge in [0.1, 0.15) is 0 Å². The highest BCUT2D eigenvalue weighted by atomic mass is 16.3. The molecule has 4 heteroatoms. The third kappa shape index (κ3) is 19.0. The number of allylic oxidation sites excluding steroid dienone is 4. The van der Waals surface area contributed by atoms with Gasteiger partial charge in [0.05, 0.1) is 6.10 Å². The first-order valence-corrected chi connectivity index (χ1v) is 10.2. The van der Waals surface area contributed by atoms with E-state index in [0.29, 0.717) is 6.42 Å². The van der Waals surface area contributed by atoms with Crippen LogP contribution in [0, 0.1) is 0 Å². The van der Waals surface area contributed by atoms with Crippen LogP contribution in [0.1, 0.15) is 84.0 Å². The molecule has 0 radical (unpaired) electrons. The molecule has 4 nitrogen and oxygen atoms in total. The largest absolute Gasteiger partial charge is 0.390 e. The number of aliphatic hydroxyl groups is 1. The van der Waals surface area contributed by atoms with E-state index in [1.165, 1.54) is 44.9 Å². The van der Waals surface area contributed by atoms with Crippen molar-refractivity contribution in [1.29, 1.82) is 0 Å². The van der Waals surface area contributed by atoms with E-state index >= 15 is 0 Å². The lowest BCUT2D eigenvalue weighted by atomic mass is 10.1. The number of hydrogen-bond acceptors (Lipinski definition) is 3. The number of aliphatic hydroxyl groups excluding tert-OH is 1. The summed E-state index contributed by atoms with van der Waals surface area (Å²) in [5.41, 5.74) is 5.28. The summed E-state index contributed by atoms with van der Waals surface area (Å²) in [5.74, 6) is 0.0122. The molecule has 0 aliphatic rings. The van der Waals surface area contributed by atoms with Gasteiger partial charge >= 0.3 is 0 Å². The summed E-state index contributed by atoms with van der Waals surface area (Å²) in [4.78, 5) is 11.5. The maximum atomic E-state index is 11.5. The standard InChI is InChI=1S/C21H40N2O2/c1-2-3-4-5-6-7-8-9-10-11-12-13-14-15-16-17-21(25)23-19-20(24)18-22/h6-7,9-10,20,24H,2-5,8,11-19,22H2,1H3,(H,23,25)/b7-6-,10-9-. The SMILES string of the molecule is CCCCC/C=C\C/C=C\CCCCCCCC(=O)NCC(O)CN. The van der Waals surface area contributed by atoms with Gasteiger partial charge in [0.15, 0.2) is 0 Å². The van der Waals surface area contributed by atoms with Crippen molar-refractivity contribution in [2.75, 3.05) is 13.1 Å². The van der Waals surface area contributed by atoms with Gasteiger partial charge in [0.2, 0.25) is 5.91 Å². The summed E-state index contributed by atoms with van der Waals surface area (Å²) in [5, 5.41) is 12.0. The second-order valence-electron chi connectivity index (χ2n) is 6.67. The van der Waals surface area contributed by atoms with Crippen LogP contribution in [0.25, 0.3) is 0 Å². The Morgan fingerprint density at radius 1 is 0.960 bits per heavy atom. The number of unbranched alkanes of at least 4 members (excludes halogenated alkanes) is 8. The highest BCUT2D eigenvalue weighted by Gasteiger charge is 2.04. The highest BCUT2D eigenvalue weighted by molar-refractivity contribution is 5.75. The molecular weight excluding hydrogens is 312 g/mol. The summed E-state index contributed by atoms with van der Waals surface area (Å²) in [6.45, 7) is 2.68. The third-order valence-electron chi connectivity index (χ3n) is 4.16. The van der Waals surface area contributed by atoms with Crippen molar-refractivity contribution in [3.63, 3.8) is 0 Å². The predicted molar refractivity (Wildman–Crippen MR) is 107 cm³/mol. The van der Waals surface area contributed by atoms with Crippen molar-refractivity contribution >= 4 is 5.91 Å². The Kier molecular flexibility index (Phi) is 18.3. The Hall–Kier alpha value is -1.13. The Labute approximate surface area is 155 Å². The van der Waals surface area contributed by atoms with E-state index in [1.54, 1.807) is 0 Å². The van der Waals surface area contributed by atoms with Crippen LogP contribution in [0.15, 0.2) is 24.3 Å². The first-order valence-electron chi connectivity index (χ1n) is 10.2. The number of hydrogen-bond donors (Lipinski definition) is 3. The van der Waals surface area contributed by atoms with Crippen LogP contribution in [0.3, 0.4) is 0 Å². The molecule has 1 unspecified atom stereocenters. The zero-order valence-corrected chi connectivity index (χ0v) is 16.2. The molecule has 0 spiro atoms. The monoisotopic (exact) mass is 352 g/mol. The molecule has 0 heterocycles. The lowest BCUT2D eigenvalue weighted by molar-refractivity contribution is -0.121. The summed E-state index contributed by atoms with van der Waals surface area (Å²) in [6.07, 6.45) is 22.0. The van der Waals surface area contributed by atoms with Crippen molar-refractivity contribution in [2.24, 2.45) is 5.73 Å². The first kappa shape index (κ1) is 23.9. The van der Waals surface area contributed by atoms with E-state index in [1.807, 2.05) is 0 Å². The van der Waals surface area contributed by atoms with Crippen molar-refractivity contribution in [2.45, 2.75) is 90.1 Å². The molecule has 0 saturated carbocycles. The lowest BCUT2D eigenvalue weighted by Gasteiger charge is -2.09. The quantitative estimate of drug-likeness (QED) is 0.271. The maximum Gasteiger partial charge on any atom is 0.220 e. The molecular formula is C21H40N2O2. The predicted octanol–water partition coefficient (Wildman–Crippen LogP) is 4.24. The van der Waals surface area contributed by atoms with Crippen molar-refractivity contribution in [3.8, 4) is 0 Å². The number of nitrogens with one attached hydrogen (secondary N) is 1. The minimum absolute atomic E-state index is 0.0122. The number of carbonyl (C=O) groups excluding carboxylic acids is 1. The molecule has 146 valence electrons. The van der Waals surface area contributed by atoms with Gasteiger partial charge in [-0.15, -0.1) is 0 Å². The van der Waals surface area contributed by atoms with Crippen LogP contribution in [-0.2, 0) is 4.79 Å². The molecule has 0 aromatic rings. The minimum atomic E-state index is -0.631. The summed E-state index contributed by atoms with van der Waals surface area (Å²) in [6, 6.07) is 0. The average molecular weight is 353 g/mol. The molecule has 1 atom stereocenters. The minimum Gasteiger partial charge on any atom is -0.390 e. The molecule has 25 heavy (non-hydrogen) atoms. The average Bonchev–Trinajstić information content (AvgIpc) is 2.62. The molecule has 0 aromatic carbocycles. The molecule has 0 aromatic heterocycles. The zero-order chi connectivity index (χ0) is 18.6. The second kappa shape index (κ2) is 19.2. The Bertz CT molecular complexity index is 354. The van der Waals surface area contributed by atoms with Crippen LogP contribution in [-0.4, -0.2) is 30.2 Å². The topological polar surface area (TPSA) is 75.3 Å². The number of amides is 1. The van der Waals surface area contributed by atoms with Gasteiger partial charge in [0.25, 0.3) is 0 Å². The van der Waals surface area contributed by atoms with Gasteiger partial charge in [0, 0.05) is 19.5 Å². The summed E-state index contributed by atoms with van der Waals surface area (Å²) in [7, 11) is 0. The smallest absolute Gasteiger partial charge is 0.220 e. The van der Waals surface area contributed by atoms with Gasteiger partial charge in [-0.1, -0.05) is 63.3 Å². The van der Waals surface area contributed by atoms with E-state index in [9.17, 15) is 9.90 Å². The van der Waals surface area contributed by atoms with Crippen LogP contribution in [0.2, 0.25) is 0 Å². The maximum absolute atomic E-state index is 11.5. The van der Waals surface area contributed by atoms with E-state index in [-0.39, 0.29) is 19.0 Å². The molecule has 1 amide bonds. The fourth-order valence-corrected chi connectivity index (χ4v) is 2.50. The summed E-state index contributed by atoms with van der Waals surface area (Å²) >= 11 is 0. The van der Waals surface area contributed by atoms with Gasteiger partial charge in [-0.25, -0.2) is 0 Å². The summed E-state index contributed by atoms with van der Waals surface area (Å²) < 4.78 is 0. The number of rotatable bonds is 17. The van der Waals surface area contributed by atoms with Gasteiger partial charge in [-0.3, -0.25) is 4.79 Å². The molecule has 0 aliphatic heterocycles. The van der Waals surface area contributed by atoms with Gasteiger partial charge in [-0.2, -0.15) is 0 Å². The van der Waals surface area contributed by atoms with Crippen molar-refractivity contribution in [1.82, 2.24) is 5.32 Å². The lowest BCUT2D eigenvalue weighted by Crippen LogP contribution is -2.35. The number of nitrogens with two attached hydrogens (primary N) is 1. The van der Waals surface area contributed by atoms with E-state index in [4.69, 9.17) is 5.73 Å². The zero-order valence-electron chi connectivity index (χ0n) is 16.2. The first-order chi connectivity index (χ1) is 12.2. The molecule has 0 rings (SSSR count). The van der Waals surface area contributed by atoms with Crippen LogP contribution < -0.4 is 11.1 Å². The molecule has 0 bridgehead atoms. The third-order valence-corrected chi connectivity index (χ3v) is 4.16. The fourth-order valence-electron chi connectivity index (χ4n) is 2.50. The molecule has 0 saturated heterocycles. The van der Waals surface area contributed by atoms with Crippen molar-refractivity contribution in [3.05, 3.63) is 24.3 Å². The second-order valence-corrected chi connectivity index (χ2v) is 6.67. The molecule has 4 N–H and O–H groups in total.